The van der Waals surface area contributed by atoms with Crippen molar-refractivity contribution in [2.24, 2.45) is 0 Å². The van der Waals surface area contributed by atoms with E-state index in [9.17, 15) is 10.1 Å². The minimum absolute atomic E-state index is 0.0800. The molecule has 0 bridgehead atoms. The summed E-state index contributed by atoms with van der Waals surface area (Å²) in [5.41, 5.74) is 8.74. The zero-order chi connectivity index (χ0) is 15.6. The number of nitrogens with two attached hydrogens (primary N) is 1. The molecule has 110 valence electrons. The number of rotatable bonds is 3. The highest BCUT2D eigenvalue weighted by Gasteiger charge is 2.13. The van der Waals surface area contributed by atoms with Crippen molar-refractivity contribution in [3.05, 3.63) is 58.1 Å². The molecular weight excluding hydrogens is 266 g/mol. The van der Waals surface area contributed by atoms with Crippen molar-refractivity contribution in [2.75, 3.05) is 11.1 Å². The Morgan fingerprint density at radius 1 is 1.05 bits per heavy atom. The number of nitrogens with one attached hydrogen (secondary N) is 1. The van der Waals surface area contributed by atoms with Crippen LogP contribution >= 0.6 is 0 Å². The third-order valence-electron chi connectivity index (χ3n) is 3.26. The lowest BCUT2D eigenvalue weighted by atomic mass is 9.87. The molecule has 0 saturated carbocycles. The van der Waals surface area contributed by atoms with Crippen molar-refractivity contribution in [3.8, 4) is 0 Å². The largest absolute Gasteiger partial charge is 0.393 e. The lowest BCUT2D eigenvalue weighted by molar-refractivity contribution is -0.383. The number of benzene rings is 2. The van der Waals surface area contributed by atoms with Crippen LogP contribution in [0, 0.1) is 10.1 Å². The monoisotopic (exact) mass is 285 g/mol. The first kappa shape index (κ1) is 14.8. The third kappa shape index (κ3) is 3.51. The summed E-state index contributed by atoms with van der Waals surface area (Å²) in [5, 5.41) is 13.9. The maximum atomic E-state index is 10.7. The molecule has 0 heterocycles. The summed E-state index contributed by atoms with van der Waals surface area (Å²) in [6.45, 7) is 6.48. The van der Waals surface area contributed by atoms with E-state index in [1.165, 1.54) is 11.6 Å². The van der Waals surface area contributed by atoms with E-state index in [1.54, 1.807) is 12.1 Å². The number of hydrogen-bond acceptors (Lipinski definition) is 4. The van der Waals surface area contributed by atoms with Gasteiger partial charge < -0.3 is 11.1 Å². The number of hydrogen-bond donors (Lipinski definition) is 2. The highest BCUT2D eigenvalue weighted by atomic mass is 16.6. The number of nitrogens with zero attached hydrogens (tertiary/aromatic N) is 1. The molecule has 5 heteroatoms. The zero-order valence-corrected chi connectivity index (χ0v) is 12.4. The molecule has 2 rings (SSSR count). The Labute approximate surface area is 123 Å². The van der Waals surface area contributed by atoms with E-state index < -0.39 is 4.92 Å². The van der Waals surface area contributed by atoms with Gasteiger partial charge in [0.2, 0.25) is 0 Å². The normalized spacial score (nSPS) is 11.2. The van der Waals surface area contributed by atoms with Crippen molar-refractivity contribution in [1.82, 2.24) is 0 Å². The van der Waals surface area contributed by atoms with Gasteiger partial charge in [0.25, 0.3) is 5.69 Å². The molecule has 0 unspecified atom stereocenters. The number of nitro benzene ring substituents is 1. The molecular formula is C16H19N3O2. The van der Waals surface area contributed by atoms with Crippen LogP contribution in [0.5, 0.6) is 0 Å². The smallest absolute Gasteiger partial charge is 0.292 e. The van der Waals surface area contributed by atoms with Crippen molar-refractivity contribution in [1.29, 1.82) is 0 Å². The summed E-state index contributed by atoms with van der Waals surface area (Å²) in [6, 6.07) is 12.7. The van der Waals surface area contributed by atoms with Gasteiger partial charge in [-0.05, 0) is 35.2 Å². The Hall–Kier alpha value is -2.56. The van der Waals surface area contributed by atoms with E-state index in [1.807, 2.05) is 12.1 Å². The zero-order valence-electron chi connectivity index (χ0n) is 12.4. The highest BCUT2D eigenvalue weighted by Crippen LogP contribution is 2.28. The summed E-state index contributed by atoms with van der Waals surface area (Å²) >= 11 is 0. The first-order chi connectivity index (χ1) is 9.77. The molecule has 0 aromatic heterocycles. The van der Waals surface area contributed by atoms with Gasteiger partial charge >= 0.3 is 0 Å². The van der Waals surface area contributed by atoms with E-state index in [2.05, 4.69) is 38.2 Å². The van der Waals surface area contributed by atoms with Gasteiger partial charge in [-0.1, -0.05) is 32.9 Å². The summed E-state index contributed by atoms with van der Waals surface area (Å²) in [6.07, 6.45) is 0. The predicted octanol–water partition coefficient (Wildman–Crippen LogP) is 4.22. The van der Waals surface area contributed by atoms with Gasteiger partial charge in [0, 0.05) is 17.4 Å². The standard InChI is InChI=1S/C16H19N3O2/c1-16(2,3)11-4-6-12(7-5-11)18-13-8-9-15(19(20)21)14(17)10-13/h4-10,18H,17H2,1-3H3. The maximum Gasteiger partial charge on any atom is 0.292 e. The summed E-state index contributed by atoms with van der Waals surface area (Å²) in [5.74, 6) is 0. The Morgan fingerprint density at radius 3 is 2.10 bits per heavy atom. The molecule has 2 aromatic carbocycles. The molecule has 5 nitrogen and oxygen atoms in total. The fourth-order valence-electron chi connectivity index (χ4n) is 2.02. The SMILES string of the molecule is CC(C)(C)c1ccc(Nc2ccc([N+](=O)[O-])c(N)c2)cc1. The number of anilines is 3. The maximum absolute atomic E-state index is 10.7. The molecule has 3 N–H and O–H groups in total. The van der Waals surface area contributed by atoms with Gasteiger partial charge in [0.1, 0.15) is 5.69 Å². The predicted molar refractivity (Wildman–Crippen MR) is 85.9 cm³/mol. The summed E-state index contributed by atoms with van der Waals surface area (Å²) in [7, 11) is 0. The molecule has 0 spiro atoms. The number of nitrogen functional groups attached to an aromatic ring is 1. The van der Waals surface area contributed by atoms with E-state index in [0.29, 0.717) is 0 Å². The van der Waals surface area contributed by atoms with E-state index >= 15 is 0 Å². The van der Waals surface area contributed by atoms with Crippen LogP contribution in [0.3, 0.4) is 0 Å². The quantitative estimate of drug-likeness (QED) is 0.502. The molecule has 0 amide bonds. The van der Waals surface area contributed by atoms with Crippen LogP contribution in [0.15, 0.2) is 42.5 Å². The summed E-state index contributed by atoms with van der Waals surface area (Å²) < 4.78 is 0. The van der Waals surface area contributed by atoms with Crippen molar-refractivity contribution in [2.45, 2.75) is 26.2 Å². The first-order valence-electron chi connectivity index (χ1n) is 6.69. The molecule has 2 aromatic rings. The molecule has 0 fully saturated rings. The van der Waals surface area contributed by atoms with Gasteiger partial charge in [-0.2, -0.15) is 0 Å². The summed E-state index contributed by atoms with van der Waals surface area (Å²) in [4.78, 5) is 10.2. The fourth-order valence-corrected chi connectivity index (χ4v) is 2.02. The van der Waals surface area contributed by atoms with Crippen molar-refractivity contribution >= 4 is 22.7 Å². The van der Waals surface area contributed by atoms with Gasteiger partial charge in [0.15, 0.2) is 0 Å². The minimum Gasteiger partial charge on any atom is -0.393 e. The Kier molecular flexibility index (Phi) is 3.84. The van der Waals surface area contributed by atoms with Crippen LogP contribution in [0.2, 0.25) is 0 Å². The molecule has 0 aliphatic carbocycles. The Balaban J connectivity index is 2.19. The highest BCUT2D eigenvalue weighted by molar-refractivity contribution is 5.70. The van der Waals surface area contributed by atoms with Crippen molar-refractivity contribution in [3.63, 3.8) is 0 Å². The first-order valence-corrected chi connectivity index (χ1v) is 6.69. The van der Waals surface area contributed by atoms with Gasteiger partial charge in [-0.3, -0.25) is 10.1 Å². The van der Waals surface area contributed by atoms with Crippen LogP contribution in [0.4, 0.5) is 22.7 Å². The number of nitro groups is 1. The van der Waals surface area contributed by atoms with Gasteiger partial charge in [-0.15, -0.1) is 0 Å². The molecule has 0 aliphatic rings. The van der Waals surface area contributed by atoms with Gasteiger partial charge in [0.05, 0.1) is 4.92 Å². The Morgan fingerprint density at radius 2 is 1.62 bits per heavy atom. The second-order valence-corrected chi connectivity index (χ2v) is 5.98. The molecule has 0 atom stereocenters. The second kappa shape index (κ2) is 5.44. The van der Waals surface area contributed by atoms with Crippen LogP contribution < -0.4 is 11.1 Å². The van der Waals surface area contributed by atoms with Crippen LogP contribution in [0.25, 0.3) is 0 Å². The molecule has 0 radical (unpaired) electrons. The topological polar surface area (TPSA) is 81.2 Å². The van der Waals surface area contributed by atoms with E-state index in [0.717, 1.165) is 11.4 Å². The molecule has 0 saturated heterocycles. The molecule has 0 aliphatic heterocycles. The van der Waals surface area contributed by atoms with E-state index in [-0.39, 0.29) is 16.8 Å². The molecule has 21 heavy (non-hydrogen) atoms. The lowest BCUT2D eigenvalue weighted by Gasteiger charge is -2.19. The van der Waals surface area contributed by atoms with Crippen LogP contribution in [-0.4, -0.2) is 4.92 Å². The Bertz CT molecular complexity index is 658. The fraction of sp³-hybridized carbons (Fsp3) is 0.250. The van der Waals surface area contributed by atoms with Crippen molar-refractivity contribution < 1.29 is 4.92 Å². The lowest BCUT2D eigenvalue weighted by Crippen LogP contribution is -2.10. The second-order valence-electron chi connectivity index (χ2n) is 5.98. The van der Waals surface area contributed by atoms with Gasteiger partial charge in [-0.25, -0.2) is 0 Å². The van der Waals surface area contributed by atoms with E-state index in [4.69, 9.17) is 5.73 Å². The minimum atomic E-state index is -0.489. The average Bonchev–Trinajstić information content (AvgIpc) is 2.38. The van der Waals surface area contributed by atoms with Crippen LogP contribution in [-0.2, 0) is 5.41 Å². The van der Waals surface area contributed by atoms with Crippen LogP contribution in [0.1, 0.15) is 26.3 Å². The third-order valence-corrected chi connectivity index (χ3v) is 3.26. The average molecular weight is 285 g/mol.